The average Bonchev–Trinajstić information content (AvgIpc) is 3.02. The van der Waals surface area contributed by atoms with Crippen molar-refractivity contribution in [2.24, 2.45) is 18.9 Å². The van der Waals surface area contributed by atoms with Gasteiger partial charge in [-0.25, -0.2) is 0 Å². The lowest BCUT2D eigenvalue weighted by Crippen LogP contribution is -2.35. The second kappa shape index (κ2) is 7.08. The van der Waals surface area contributed by atoms with Crippen LogP contribution in [0.4, 0.5) is 0 Å². The summed E-state index contributed by atoms with van der Waals surface area (Å²) in [7, 11) is 4.17. The third-order valence-electron chi connectivity index (χ3n) is 5.02. The van der Waals surface area contributed by atoms with Gasteiger partial charge in [-0.1, -0.05) is 26.7 Å². The summed E-state index contributed by atoms with van der Waals surface area (Å²) in [6, 6.07) is 0.572. The Kier molecular flexibility index (Phi) is 5.67. The minimum Gasteiger partial charge on any atom is -0.316 e. The quantitative estimate of drug-likeness (QED) is 0.854. The van der Waals surface area contributed by atoms with E-state index >= 15 is 0 Å². The van der Waals surface area contributed by atoms with Gasteiger partial charge in [0.2, 0.25) is 0 Å². The molecule has 0 saturated heterocycles. The minimum absolute atomic E-state index is 0.572. The van der Waals surface area contributed by atoms with Crippen molar-refractivity contribution in [3.8, 4) is 0 Å². The van der Waals surface area contributed by atoms with E-state index in [1.54, 1.807) is 0 Å². The fourth-order valence-electron chi connectivity index (χ4n) is 3.60. The van der Waals surface area contributed by atoms with Crippen LogP contribution in [0.5, 0.6) is 0 Å². The van der Waals surface area contributed by atoms with Crippen LogP contribution in [0.15, 0.2) is 4.47 Å². The molecule has 1 saturated carbocycles. The largest absolute Gasteiger partial charge is 0.316 e. The number of halogens is 1. The van der Waals surface area contributed by atoms with E-state index in [-0.39, 0.29) is 0 Å². The number of nitrogens with one attached hydrogen (secondary N) is 1. The summed E-state index contributed by atoms with van der Waals surface area (Å²) >= 11 is 3.74. The van der Waals surface area contributed by atoms with Crippen molar-refractivity contribution in [3.63, 3.8) is 0 Å². The van der Waals surface area contributed by atoms with Crippen molar-refractivity contribution in [3.05, 3.63) is 15.9 Å². The highest BCUT2D eigenvalue weighted by molar-refractivity contribution is 9.10. The Balaban J connectivity index is 2.09. The normalized spacial score (nSPS) is 24.2. The van der Waals surface area contributed by atoms with Crippen molar-refractivity contribution in [1.82, 2.24) is 15.1 Å². The van der Waals surface area contributed by atoms with Crippen LogP contribution in [-0.2, 0) is 19.9 Å². The first-order valence-corrected chi connectivity index (χ1v) is 8.77. The van der Waals surface area contributed by atoms with Crippen molar-refractivity contribution >= 4 is 15.9 Å². The Bertz CT molecular complexity index is 441. The molecule has 1 fully saturated rings. The zero-order valence-electron chi connectivity index (χ0n) is 13.2. The summed E-state index contributed by atoms with van der Waals surface area (Å²) in [5, 5.41) is 8.17. The molecule has 0 bridgehead atoms. The summed E-state index contributed by atoms with van der Waals surface area (Å²) in [4.78, 5) is 0. The Hall–Kier alpha value is -0.350. The van der Waals surface area contributed by atoms with E-state index in [4.69, 9.17) is 0 Å². The fourth-order valence-corrected chi connectivity index (χ4v) is 4.38. The number of hydrogen-bond acceptors (Lipinski definition) is 2. The number of aromatic nitrogens is 2. The molecule has 1 heterocycles. The maximum Gasteiger partial charge on any atom is 0.0766 e. The van der Waals surface area contributed by atoms with Crippen molar-refractivity contribution in [2.45, 2.75) is 58.4 Å². The molecular weight excluding hydrogens is 314 g/mol. The first-order chi connectivity index (χ1) is 9.60. The maximum absolute atomic E-state index is 4.62. The van der Waals surface area contributed by atoms with Crippen molar-refractivity contribution in [1.29, 1.82) is 0 Å². The monoisotopic (exact) mass is 341 g/mol. The van der Waals surface area contributed by atoms with Gasteiger partial charge in [0.25, 0.3) is 0 Å². The van der Waals surface area contributed by atoms with Gasteiger partial charge >= 0.3 is 0 Å². The summed E-state index contributed by atoms with van der Waals surface area (Å²) in [5.74, 6) is 1.76. The number of hydrogen-bond donors (Lipinski definition) is 1. The van der Waals surface area contributed by atoms with Crippen LogP contribution >= 0.6 is 15.9 Å². The SMILES string of the molecule is CCc1nn(C)c(CC(NC)C2CCC(CC)C2)c1Br. The molecule has 3 unspecified atom stereocenters. The van der Waals surface area contributed by atoms with Gasteiger partial charge in [-0.2, -0.15) is 5.10 Å². The summed E-state index contributed by atoms with van der Waals surface area (Å²) in [6.45, 7) is 4.49. The highest BCUT2D eigenvalue weighted by atomic mass is 79.9. The molecule has 2 rings (SSSR count). The Morgan fingerprint density at radius 2 is 2.15 bits per heavy atom. The lowest BCUT2D eigenvalue weighted by atomic mass is 9.92. The molecule has 4 heteroatoms. The van der Waals surface area contributed by atoms with Gasteiger partial charge in [0, 0.05) is 19.5 Å². The lowest BCUT2D eigenvalue weighted by molar-refractivity contribution is 0.356. The zero-order chi connectivity index (χ0) is 14.7. The van der Waals surface area contributed by atoms with E-state index in [1.165, 1.54) is 41.5 Å². The van der Waals surface area contributed by atoms with Gasteiger partial charge < -0.3 is 5.32 Å². The average molecular weight is 342 g/mol. The molecule has 1 aromatic rings. The number of nitrogens with zero attached hydrogens (tertiary/aromatic N) is 2. The molecule has 3 nitrogen and oxygen atoms in total. The van der Waals surface area contributed by atoms with Gasteiger partial charge in [-0.15, -0.1) is 0 Å². The van der Waals surface area contributed by atoms with E-state index < -0.39 is 0 Å². The fraction of sp³-hybridized carbons (Fsp3) is 0.812. The first-order valence-electron chi connectivity index (χ1n) is 7.98. The standard InChI is InChI=1S/C16H28BrN3/c1-5-11-7-8-12(9-11)14(18-3)10-15-16(17)13(6-2)19-20(15)4/h11-12,14,18H,5-10H2,1-4H3. The van der Waals surface area contributed by atoms with Crippen LogP contribution < -0.4 is 5.32 Å². The van der Waals surface area contributed by atoms with Crippen molar-refractivity contribution < 1.29 is 0 Å². The van der Waals surface area contributed by atoms with Gasteiger partial charge in [-0.05, 0) is 54.1 Å². The first kappa shape index (κ1) is 16.0. The van der Waals surface area contributed by atoms with Gasteiger partial charge in [0.05, 0.1) is 15.9 Å². The zero-order valence-corrected chi connectivity index (χ0v) is 14.8. The number of aryl methyl sites for hydroxylation is 2. The van der Waals surface area contributed by atoms with Crippen molar-refractivity contribution in [2.75, 3.05) is 7.05 Å². The van der Waals surface area contributed by atoms with Crippen LogP contribution in [0.25, 0.3) is 0 Å². The number of rotatable bonds is 6. The van der Waals surface area contributed by atoms with Crippen LogP contribution in [0.2, 0.25) is 0 Å². The molecule has 0 aromatic carbocycles. The van der Waals surface area contributed by atoms with E-state index in [2.05, 4.69) is 59.0 Å². The molecular formula is C16H28BrN3. The topological polar surface area (TPSA) is 29.9 Å². The minimum atomic E-state index is 0.572. The molecule has 1 aliphatic rings. The highest BCUT2D eigenvalue weighted by Crippen LogP contribution is 2.36. The van der Waals surface area contributed by atoms with Crippen LogP contribution in [-0.4, -0.2) is 22.9 Å². The smallest absolute Gasteiger partial charge is 0.0766 e. The molecule has 0 aliphatic heterocycles. The third kappa shape index (κ3) is 3.28. The van der Waals surface area contributed by atoms with Gasteiger partial charge in [-0.3, -0.25) is 4.68 Å². The molecule has 1 aromatic heterocycles. The van der Waals surface area contributed by atoms with Gasteiger partial charge in [0.1, 0.15) is 0 Å². The summed E-state index contributed by atoms with van der Waals surface area (Å²) in [6.07, 6.45) is 7.56. The molecule has 1 N–H and O–H groups in total. The van der Waals surface area contributed by atoms with Gasteiger partial charge in [0.15, 0.2) is 0 Å². The molecule has 114 valence electrons. The van der Waals surface area contributed by atoms with E-state index in [1.807, 2.05) is 0 Å². The Morgan fingerprint density at radius 1 is 1.40 bits per heavy atom. The predicted molar refractivity (Wildman–Crippen MR) is 88.0 cm³/mol. The van der Waals surface area contributed by atoms with E-state index in [0.717, 1.165) is 24.7 Å². The van der Waals surface area contributed by atoms with Crippen LogP contribution in [0.1, 0.15) is 50.9 Å². The second-order valence-corrected chi connectivity index (χ2v) is 6.92. The number of likely N-dealkylation sites (N-methyl/N-ethyl adjacent to an activating group) is 1. The lowest BCUT2D eigenvalue weighted by Gasteiger charge is -2.23. The highest BCUT2D eigenvalue weighted by Gasteiger charge is 2.30. The summed E-state index contributed by atoms with van der Waals surface area (Å²) < 4.78 is 3.27. The second-order valence-electron chi connectivity index (χ2n) is 6.13. The molecule has 3 atom stereocenters. The summed E-state index contributed by atoms with van der Waals surface area (Å²) in [5.41, 5.74) is 2.51. The predicted octanol–water partition coefficient (Wildman–Crippen LogP) is 3.70. The molecule has 0 spiro atoms. The molecule has 0 radical (unpaired) electrons. The molecule has 0 amide bonds. The van der Waals surface area contributed by atoms with E-state index in [9.17, 15) is 0 Å². The Labute approximate surface area is 131 Å². The Morgan fingerprint density at radius 3 is 2.65 bits per heavy atom. The molecule has 1 aliphatic carbocycles. The van der Waals surface area contributed by atoms with E-state index in [0.29, 0.717) is 6.04 Å². The van der Waals surface area contributed by atoms with Crippen LogP contribution in [0, 0.1) is 11.8 Å². The third-order valence-corrected chi connectivity index (χ3v) is 5.93. The van der Waals surface area contributed by atoms with Crippen LogP contribution in [0.3, 0.4) is 0 Å². The molecule has 20 heavy (non-hydrogen) atoms. The maximum atomic E-state index is 4.62.